The molecule has 7 heteroatoms. The third-order valence-corrected chi connectivity index (χ3v) is 3.98. The van der Waals surface area contributed by atoms with Crippen LogP contribution in [-0.2, 0) is 0 Å². The summed E-state index contributed by atoms with van der Waals surface area (Å²) >= 11 is 8.54. The van der Waals surface area contributed by atoms with Gasteiger partial charge in [0, 0.05) is 11.3 Å². The molecule has 2 aromatic carbocycles. The Morgan fingerprint density at radius 3 is 2.60 bits per heavy atom. The summed E-state index contributed by atoms with van der Waals surface area (Å²) in [6, 6.07) is 13.9. The van der Waals surface area contributed by atoms with Crippen LogP contribution in [0.1, 0.15) is 29.3 Å². The van der Waals surface area contributed by atoms with E-state index in [4.69, 9.17) is 22.2 Å². The molecule has 0 atom stereocenters. The molecule has 0 radical (unpaired) electrons. The van der Waals surface area contributed by atoms with Gasteiger partial charge in [-0.3, -0.25) is 10.1 Å². The van der Waals surface area contributed by atoms with Crippen molar-refractivity contribution in [3.8, 4) is 11.8 Å². The molecule has 0 fully saturated rings. The van der Waals surface area contributed by atoms with Crippen molar-refractivity contribution >= 4 is 44.9 Å². The summed E-state index contributed by atoms with van der Waals surface area (Å²) in [5.74, 6) is 0.366. The quantitative estimate of drug-likeness (QED) is 0.711. The van der Waals surface area contributed by atoms with E-state index in [1.165, 1.54) is 0 Å². The van der Waals surface area contributed by atoms with E-state index in [1.54, 1.807) is 42.5 Å². The zero-order valence-corrected chi connectivity index (χ0v) is 15.9. The summed E-state index contributed by atoms with van der Waals surface area (Å²) in [5.41, 5.74) is 1.70. The molecule has 0 saturated carbocycles. The summed E-state index contributed by atoms with van der Waals surface area (Å²) in [6.45, 7) is 2.64. The van der Waals surface area contributed by atoms with Gasteiger partial charge in [-0.25, -0.2) is 0 Å². The van der Waals surface area contributed by atoms with Crippen LogP contribution in [0.5, 0.6) is 5.75 Å². The van der Waals surface area contributed by atoms with Crippen LogP contribution in [0, 0.1) is 11.3 Å². The van der Waals surface area contributed by atoms with Crippen LogP contribution in [0.4, 0.5) is 5.69 Å². The van der Waals surface area contributed by atoms with Crippen LogP contribution in [0.3, 0.4) is 0 Å². The highest BCUT2D eigenvalue weighted by molar-refractivity contribution is 9.10. The molecule has 0 saturated heterocycles. The number of carbonyl (C=O) groups excluding carboxylic acids is 1. The van der Waals surface area contributed by atoms with Gasteiger partial charge in [0.25, 0.3) is 5.91 Å². The highest BCUT2D eigenvalue weighted by Crippen LogP contribution is 2.26. The molecule has 0 aliphatic carbocycles. The molecule has 0 aromatic heterocycles. The second kappa shape index (κ2) is 9.16. The van der Waals surface area contributed by atoms with E-state index < -0.39 is 0 Å². The molecule has 2 N–H and O–H groups in total. The van der Waals surface area contributed by atoms with Gasteiger partial charge in [0.05, 0.1) is 22.7 Å². The minimum Gasteiger partial charge on any atom is -0.492 e. The number of rotatable bonds is 5. The van der Waals surface area contributed by atoms with Crippen LogP contribution in [-0.4, -0.2) is 17.6 Å². The smallest absolute Gasteiger partial charge is 0.257 e. The Morgan fingerprint density at radius 2 is 2.00 bits per heavy atom. The largest absolute Gasteiger partial charge is 0.492 e. The first kappa shape index (κ1) is 18.9. The highest BCUT2D eigenvalue weighted by Gasteiger charge is 2.11. The number of thiocarbonyl (C=S) groups is 1. The van der Waals surface area contributed by atoms with Crippen molar-refractivity contribution in [2.75, 3.05) is 11.9 Å². The zero-order valence-electron chi connectivity index (χ0n) is 13.5. The maximum absolute atomic E-state index is 12.3. The standard InChI is InChI=1S/C18H16BrN3O2S/c1-2-9-24-16-8-5-13(10-15(16)19)17(23)22-18(25)21-14-6-3-12(11-20)4-7-14/h3-8,10H,2,9H2,1H3,(H2,21,22,23,25). The molecule has 5 nitrogen and oxygen atoms in total. The lowest BCUT2D eigenvalue weighted by Gasteiger charge is -2.11. The van der Waals surface area contributed by atoms with Crippen molar-refractivity contribution in [3.63, 3.8) is 0 Å². The molecule has 1 amide bonds. The molecule has 25 heavy (non-hydrogen) atoms. The number of carbonyl (C=O) groups is 1. The molecule has 2 rings (SSSR count). The topological polar surface area (TPSA) is 74.2 Å². The van der Waals surface area contributed by atoms with Crippen LogP contribution in [0.15, 0.2) is 46.9 Å². The number of hydrogen-bond donors (Lipinski definition) is 2. The van der Waals surface area contributed by atoms with Crippen molar-refractivity contribution in [3.05, 3.63) is 58.1 Å². The van der Waals surface area contributed by atoms with Crippen molar-refractivity contribution in [1.29, 1.82) is 5.26 Å². The summed E-state index contributed by atoms with van der Waals surface area (Å²) in [7, 11) is 0. The van der Waals surface area contributed by atoms with E-state index in [-0.39, 0.29) is 11.0 Å². The molecule has 2 aromatic rings. The maximum atomic E-state index is 12.3. The number of hydrogen-bond acceptors (Lipinski definition) is 4. The number of nitriles is 1. The molecular weight excluding hydrogens is 402 g/mol. The van der Waals surface area contributed by atoms with E-state index in [0.29, 0.717) is 33.6 Å². The molecule has 128 valence electrons. The Kier molecular flexibility index (Phi) is 6.92. The van der Waals surface area contributed by atoms with E-state index in [9.17, 15) is 4.79 Å². The Balaban J connectivity index is 1.97. The van der Waals surface area contributed by atoms with Gasteiger partial charge in [-0.1, -0.05) is 6.92 Å². The monoisotopic (exact) mass is 417 g/mol. The first-order valence-corrected chi connectivity index (χ1v) is 8.78. The van der Waals surface area contributed by atoms with E-state index in [0.717, 1.165) is 6.42 Å². The molecule has 0 spiro atoms. The van der Waals surface area contributed by atoms with E-state index >= 15 is 0 Å². The van der Waals surface area contributed by atoms with Crippen molar-refractivity contribution in [1.82, 2.24) is 5.32 Å². The van der Waals surface area contributed by atoms with E-state index in [1.807, 2.05) is 13.0 Å². The number of anilines is 1. The van der Waals surface area contributed by atoms with E-state index in [2.05, 4.69) is 26.6 Å². The number of halogens is 1. The van der Waals surface area contributed by atoms with Gasteiger partial charge in [0.15, 0.2) is 5.11 Å². The normalized spacial score (nSPS) is 9.80. The van der Waals surface area contributed by atoms with Gasteiger partial charge in [-0.2, -0.15) is 5.26 Å². The lowest BCUT2D eigenvalue weighted by atomic mass is 10.2. The van der Waals surface area contributed by atoms with Crippen molar-refractivity contribution in [2.24, 2.45) is 0 Å². The predicted octanol–water partition coefficient (Wildman–Crippen LogP) is 4.24. The summed E-state index contributed by atoms with van der Waals surface area (Å²) < 4.78 is 6.27. The average molecular weight is 418 g/mol. The van der Waals surface area contributed by atoms with Gasteiger partial charge in [0.2, 0.25) is 0 Å². The molecule has 0 unspecified atom stereocenters. The molecule has 0 aliphatic rings. The number of amides is 1. The number of nitrogens with one attached hydrogen (secondary N) is 2. The Bertz CT molecular complexity index is 816. The summed E-state index contributed by atoms with van der Waals surface area (Å²) in [5, 5.41) is 14.5. The number of benzene rings is 2. The van der Waals surface area contributed by atoms with Crippen LogP contribution in [0.2, 0.25) is 0 Å². The average Bonchev–Trinajstić information content (AvgIpc) is 2.61. The second-order valence-corrected chi connectivity index (χ2v) is 6.35. The predicted molar refractivity (Wildman–Crippen MR) is 105 cm³/mol. The minimum absolute atomic E-state index is 0.178. The fraction of sp³-hybridized carbons (Fsp3) is 0.167. The van der Waals surface area contributed by atoms with Crippen molar-refractivity contribution in [2.45, 2.75) is 13.3 Å². The third-order valence-electron chi connectivity index (χ3n) is 3.15. The van der Waals surface area contributed by atoms with Crippen LogP contribution >= 0.6 is 28.1 Å². The SMILES string of the molecule is CCCOc1ccc(C(=O)NC(=S)Nc2ccc(C#N)cc2)cc1Br. The molecular formula is C18H16BrN3O2S. The third kappa shape index (κ3) is 5.55. The lowest BCUT2D eigenvalue weighted by molar-refractivity contribution is 0.0977. The highest BCUT2D eigenvalue weighted by atomic mass is 79.9. The van der Waals surface area contributed by atoms with Crippen molar-refractivity contribution < 1.29 is 9.53 Å². The summed E-state index contributed by atoms with van der Waals surface area (Å²) in [4.78, 5) is 12.3. The van der Waals surface area contributed by atoms with Gasteiger partial charge in [-0.05, 0) is 77.0 Å². The first-order chi connectivity index (χ1) is 12.0. The first-order valence-electron chi connectivity index (χ1n) is 7.58. The maximum Gasteiger partial charge on any atom is 0.257 e. The molecule has 0 aliphatic heterocycles. The fourth-order valence-electron chi connectivity index (χ4n) is 1.94. The van der Waals surface area contributed by atoms with Gasteiger partial charge in [0.1, 0.15) is 5.75 Å². The molecule has 0 heterocycles. The Labute approximate surface area is 160 Å². The second-order valence-electron chi connectivity index (χ2n) is 5.09. The molecule has 0 bridgehead atoms. The fourth-order valence-corrected chi connectivity index (χ4v) is 2.64. The zero-order chi connectivity index (χ0) is 18.2. The van der Waals surface area contributed by atoms with Gasteiger partial charge >= 0.3 is 0 Å². The van der Waals surface area contributed by atoms with Crippen LogP contribution < -0.4 is 15.4 Å². The van der Waals surface area contributed by atoms with Gasteiger partial charge < -0.3 is 10.1 Å². The Hall–Kier alpha value is -2.43. The number of nitrogens with zero attached hydrogens (tertiary/aromatic N) is 1. The van der Waals surface area contributed by atoms with Crippen LogP contribution in [0.25, 0.3) is 0 Å². The summed E-state index contributed by atoms with van der Waals surface area (Å²) in [6.07, 6.45) is 0.907. The van der Waals surface area contributed by atoms with Gasteiger partial charge in [-0.15, -0.1) is 0 Å². The lowest BCUT2D eigenvalue weighted by Crippen LogP contribution is -2.34. The Morgan fingerprint density at radius 1 is 1.28 bits per heavy atom. The minimum atomic E-state index is -0.325. The number of ether oxygens (including phenoxy) is 1.